The van der Waals surface area contributed by atoms with E-state index in [-0.39, 0.29) is 11.9 Å². The lowest BCUT2D eigenvalue weighted by molar-refractivity contribution is 0.0943. The third-order valence-electron chi connectivity index (χ3n) is 3.10. The maximum atomic E-state index is 12.1. The van der Waals surface area contributed by atoms with Gasteiger partial charge in [-0.2, -0.15) is 0 Å². The normalized spacial score (nSPS) is 10.5. The molecule has 1 N–H and O–H groups in total. The summed E-state index contributed by atoms with van der Waals surface area (Å²) in [7, 11) is 3.99. The highest BCUT2D eigenvalue weighted by Gasteiger charge is 2.11. The van der Waals surface area contributed by atoms with E-state index in [0.29, 0.717) is 5.56 Å². The number of nitrogens with one attached hydrogen (secondary N) is 1. The zero-order chi connectivity index (χ0) is 15.4. The first-order chi connectivity index (χ1) is 9.99. The molecule has 0 aliphatic carbocycles. The topological polar surface area (TPSA) is 45.2 Å². The Morgan fingerprint density at radius 1 is 1.19 bits per heavy atom. The Morgan fingerprint density at radius 2 is 1.90 bits per heavy atom. The van der Waals surface area contributed by atoms with Crippen LogP contribution in [0.5, 0.6) is 0 Å². The van der Waals surface area contributed by atoms with Gasteiger partial charge in [0.25, 0.3) is 5.91 Å². The number of carbonyl (C=O) groups is 1. The number of nitrogens with zero attached hydrogens (tertiary/aromatic N) is 2. The molecule has 110 valence electrons. The van der Waals surface area contributed by atoms with E-state index < -0.39 is 0 Å². The second-order valence-electron chi connectivity index (χ2n) is 5.47. The standard InChI is InChI=1S/C17H21N3O/c1-12(2)19-17(21)13-9-10-18-15(11-13)14-7-5-6-8-16(14)20(3)4/h5-12H,1-4H3,(H,19,21). The highest BCUT2D eigenvalue weighted by Crippen LogP contribution is 2.28. The van der Waals surface area contributed by atoms with Crippen LogP contribution in [-0.2, 0) is 0 Å². The molecular formula is C17H21N3O. The first-order valence-electron chi connectivity index (χ1n) is 7.02. The molecule has 0 saturated heterocycles. The lowest BCUT2D eigenvalue weighted by Crippen LogP contribution is -2.30. The Morgan fingerprint density at radius 3 is 2.57 bits per heavy atom. The number of para-hydroxylation sites is 1. The zero-order valence-corrected chi connectivity index (χ0v) is 12.9. The van der Waals surface area contributed by atoms with Crippen molar-refractivity contribution < 1.29 is 4.79 Å². The summed E-state index contributed by atoms with van der Waals surface area (Å²) in [5, 5.41) is 2.90. The van der Waals surface area contributed by atoms with Crippen LogP contribution in [-0.4, -0.2) is 31.0 Å². The van der Waals surface area contributed by atoms with Crippen molar-refractivity contribution in [2.24, 2.45) is 0 Å². The minimum atomic E-state index is -0.0732. The molecule has 1 amide bonds. The molecule has 0 aliphatic heterocycles. The Bertz CT molecular complexity index is 635. The van der Waals surface area contributed by atoms with Gasteiger partial charge in [0.1, 0.15) is 0 Å². The van der Waals surface area contributed by atoms with Crippen molar-refractivity contribution in [3.8, 4) is 11.3 Å². The van der Waals surface area contributed by atoms with Gasteiger partial charge in [0.05, 0.1) is 5.69 Å². The molecule has 4 heteroatoms. The molecule has 0 bridgehead atoms. The number of benzene rings is 1. The monoisotopic (exact) mass is 283 g/mol. The van der Waals surface area contributed by atoms with Crippen molar-refractivity contribution in [3.63, 3.8) is 0 Å². The van der Waals surface area contributed by atoms with Crippen molar-refractivity contribution in [2.45, 2.75) is 19.9 Å². The molecule has 1 aromatic carbocycles. The molecule has 0 atom stereocenters. The molecule has 0 unspecified atom stereocenters. The third kappa shape index (κ3) is 3.60. The number of amides is 1. The van der Waals surface area contributed by atoms with E-state index in [4.69, 9.17) is 0 Å². The molecule has 4 nitrogen and oxygen atoms in total. The minimum absolute atomic E-state index is 0.0732. The van der Waals surface area contributed by atoms with Gasteiger partial charge >= 0.3 is 0 Å². The van der Waals surface area contributed by atoms with E-state index in [9.17, 15) is 4.79 Å². The number of carbonyl (C=O) groups excluding carboxylic acids is 1. The molecule has 2 aromatic rings. The van der Waals surface area contributed by atoms with Crippen LogP contribution in [0.4, 0.5) is 5.69 Å². The summed E-state index contributed by atoms with van der Waals surface area (Å²) >= 11 is 0. The molecule has 0 fully saturated rings. The van der Waals surface area contributed by atoms with Crippen LogP contribution in [0.3, 0.4) is 0 Å². The molecule has 0 saturated carbocycles. The van der Waals surface area contributed by atoms with Gasteiger partial charge in [-0.1, -0.05) is 18.2 Å². The SMILES string of the molecule is CC(C)NC(=O)c1ccnc(-c2ccccc2N(C)C)c1. The highest BCUT2D eigenvalue weighted by molar-refractivity contribution is 5.95. The van der Waals surface area contributed by atoms with Crippen molar-refractivity contribution in [2.75, 3.05) is 19.0 Å². The molecule has 1 heterocycles. The Hall–Kier alpha value is -2.36. The average Bonchev–Trinajstić information content (AvgIpc) is 2.46. The maximum Gasteiger partial charge on any atom is 0.251 e. The number of pyridine rings is 1. The molecular weight excluding hydrogens is 262 g/mol. The van der Waals surface area contributed by atoms with Crippen molar-refractivity contribution >= 4 is 11.6 Å². The summed E-state index contributed by atoms with van der Waals surface area (Å²) in [5.41, 5.74) is 3.52. The molecule has 0 spiro atoms. The van der Waals surface area contributed by atoms with E-state index in [2.05, 4.69) is 10.3 Å². The fourth-order valence-electron chi connectivity index (χ4n) is 2.14. The Balaban J connectivity index is 2.40. The largest absolute Gasteiger partial charge is 0.377 e. The van der Waals surface area contributed by atoms with Gasteiger partial charge in [-0.15, -0.1) is 0 Å². The third-order valence-corrected chi connectivity index (χ3v) is 3.10. The van der Waals surface area contributed by atoms with Crippen molar-refractivity contribution in [3.05, 3.63) is 48.2 Å². The summed E-state index contributed by atoms with van der Waals surface area (Å²) < 4.78 is 0. The minimum Gasteiger partial charge on any atom is -0.377 e. The van der Waals surface area contributed by atoms with Crippen molar-refractivity contribution in [1.29, 1.82) is 0 Å². The van der Waals surface area contributed by atoms with E-state index in [0.717, 1.165) is 16.9 Å². The van der Waals surface area contributed by atoms with Gasteiger partial charge in [-0.3, -0.25) is 9.78 Å². The summed E-state index contributed by atoms with van der Waals surface area (Å²) in [6.45, 7) is 3.89. The van der Waals surface area contributed by atoms with E-state index in [1.54, 1.807) is 12.3 Å². The van der Waals surface area contributed by atoms with Gasteiger partial charge in [0, 0.05) is 43.1 Å². The highest BCUT2D eigenvalue weighted by atomic mass is 16.1. The summed E-state index contributed by atoms with van der Waals surface area (Å²) in [5.74, 6) is -0.0732. The number of hydrogen-bond acceptors (Lipinski definition) is 3. The van der Waals surface area contributed by atoms with Crippen LogP contribution in [0.15, 0.2) is 42.6 Å². The van der Waals surface area contributed by atoms with Crippen LogP contribution in [0, 0.1) is 0 Å². The lowest BCUT2D eigenvalue weighted by Gasteiger charge is -2.17. The summed E-state index contributed by atoms with van der Waals surface area (Å²) in [6, 6.07) is 11.7. The number of hydrogen-bond donors (Lipinski definition) is 1. The van der Waals surface area contributed by atoms with Gasteiger partial charge in [-0.05, 0) is 32.0 Å². The summed E-state index contributed by atoms with van der Waals surface area (Å²) in [4.78, 5) is 18.6. The fourth-order valence-corrected chi connectivity index (χ4v) is 2.14. The summed E-state index contributed by atoms with van der Waals surface area (Å²) in [6.07, 6.45) is 1.68. The van der Waals surface area contributed by atoms with Gasteiger partial charge in [0.15, 0.2) is 0 Å². The van der Waals surface area contributed by atoms with Crippen LogP contribution >= 0.6 is 0 Å². The first-order valence-corrected chi connectivity index (χ1v) is 7.02. The molecule has 0 radical (unpaired) electrons. The predicted molar refractivity (Wildman–Crippen MR) is 86.6 cm³/mol. The number of aromatic nitrogens is 1. The second-order valence-corrected chi connectivity index (χ2v) is 5.47. The van der Waals surface area contributed by atoms with E-state index >= 15 is 0 Å². The predicted octanol–water partition coefficient (Wildman–Crippen LogP) is 2.95. The maximum absolute atomic E-state index is 12.1. The Labute approximate surface area is 125 Å². The van der Waals surface area contributed by atoms with Crippen LogP contribution in [0.25, 0.3) is 11.3 Å². The van der Waals surface area contributed by atoms with Gasteiger partial charge in [-0.25, -0.2) is 0 Å². The number of anilines is 1. The van der Waals surface area contributed by atoms with Gasteiger partial charge in [0.2, 0.25) is 0 Å². The van der Waals surface area contributed by atoms with Crippen molar-refractivity contribution in [1.82, 2.24) is 10.3 Å². The first kappa shape index (κ1) is 15.0. The second kappa shape index (κ2) is 6.39. The van der Waals surface area contributed by atoms with Crippen LogP contribution in [0.2, 0.25) is 0 Å². The molecule has 21 heavy (non-hydrogen) atoms. The molecule has 1 aromatic heterocycles. The quantitative estimate of drug-likeness (QED) is 0.938. The van der Waals surface area contributed by atoms with Crippen LogP contribution < -0.4 is 10.2 Å². The smallest absolute Gasteiger partial charge is 0.251 e. The lowest BCUT2D eigenvalue weighted by atomic mass is 10.1. The Kier molecular flexibility index (Phi) is 4.58. The fraction of sp³-hybridized carbons (Fsp3) is 0.294. The molecule has 2 rings (SSSR count). The number of rotatable bonds is 4. The zero-order valence-electron chi connectivity index (χ0n) is 12.9. The van der Waals surface area contributed by atoms with E-state index in [1.807, 2.05) is 63.2 Å². The van der Waals surface area contributed by atoms with Crippen LogP contribution in [0.1, 0.15) is 24.2 Å². The molecule has 0 aliphatic rings. The average molecular weight is 283 g/mol. The van der Waals surface area contributed by atoms with Gasteiger partial charge < -0.3 is 10.2 Å². The van der Waals surface area contributed by atoms with E-state index in [1.165, 1.54) is 0 Å².